The number of nitrogens with zero attached hydrogens (tertiary/aromatic N) is 2. The molecule has 136 valence electrons. The van der Waals surface area contributed by atoms with Crippen LogP contribution in [0.1, 0.15) is 11.6 Å². The van der Waals surface area contributed by atoms with Crippen LogP contribution in [0.4, 0.5) is 4.39 Å². The fourth-order valence-electron chi connectivity index (χ4n) is 2.75. The molecule has 6 nitrogen and oxygen atoms in total. The normalized spacial score (nSPS) is 18.4. The summed E-state index contributed by atoms with van der Waals surface area (Å²) < 4.78 is 45.8. The predicted molar refractivity (Wildman–Crippen MR) is 93.9 cm³/mol. The summed E-state index contributed by atoms with van der Waals surface area (Å²) in [6, 6.07) is 8.52. The van der Waals surface area contributed by atoms with Crippen molar-refractivity contribution < 1.29 is 17.5 Å². The standard InChI is InChI=1S/C16H18FN3O3S.ClH/c1-23-16-6-5-14(10-19-16)24(21,22)20-8-7-18-11-15(20)12-3-2-4-13(17)9-12;/h2-6,9-10,15,18H,7-8,11H2,1H3;1H. The quantitative estimate of drug-likeness (QED) is 0.868. The van der Waals surface area contributed by atoms with Crippen LogP contribution in [0.5, 0.6) is 5.88 Å². The number of hydrogen-bond donors (Lipinski definition) is 1. The molecule has 0 amide bonds. The van der Waals surface area contributed by atoms with Crippen LogP contribution < -0.4 is 10.1 Å². The molecule has 1 aromatic carbocycles. The van der Waals surface area contributed by atoms with Crippen LogP contribution in [-0.4, -0.2) is 44.5 Å². The van der Waals surface area contributed by atoms with Crippen molar-refractivity contribution in [2.24, 2.45) is 0 Å². The van der Waals surface area contributed by atoms with Gasteiger partial charge in [0.2, 0.25) is 15.9 Å². The maximum atomic E-state index is 13.5. The molecule has 2 heterocycles. The van der Waals surface area contributed by atoms with Crippen molar-refractivity contribution in [1.82, 2.24) is 14.6 Å². The third kappa shape index (κ3) is 4.09. The lowest BCUT2D eigenvalue weighted by molar-refractivity contribution is 0.271. The van der Waals surface area contributed by atoms with E-state index in [1.807, 2.05) is 0 Å². The Kier molecular flexibility index (Phi) is 6.34. The van der Waals surface area contributed by atoms with Crippen molar-refractivity contribution in [3.63, 3.8) is 0 Å². The molecule has 1 aromatic heterocycles. The largest absolute Gasteiger partial charge is 0.481 e. The summed E-state index contributed by atoms with van der Waals surface area (Å²) in [5, 5.41) is 3.16. The lowest BCUT2D eigenvalue weighted by Crippen LogP contribution is -2.48. The number of hydrogen-bond acceptors (Lipinski definition) is 5. The third-order valence-corrected chi connectivity index (χ3v) is 5.84. The topological polar surface area (TPSA) is 71.5 Å². The number of ether oxygens (including phenoxy) is 1. The molecule has 9 heteroatoms. The SMILES string of the molecule is COc1ccc(S(=O)(=O)N2CCNCC2c2cccc(F)c2)cn1.Cl. The number of benzene rings is 1. The van der Waals surface area contributed by atoms with Gasteiger partial charge in [0, 0.05) is 25.7 Å². The summed E-state index contributed by atoms with van der Waals surface area (Å²) in [5.41, 5.74) is 0.618. The van der Waals surface area contributed by atoms with Gasteiger partial charge in [-0.3, -0.25) is 0 Å². The highest BCUT2D eigenvalue weighted by atomic mass is 35.5. The van der Waals surface area contributed by atoms with E-state index in [9.17, 15) is 12.8 Å². The van der Waals surface area contributed by atoms with Gasteiger partial charge in [-0.25, -0.2) is 17.8 Å². The molecule has 1 N–H and O–H groups in total. The van der Waals surface area contributed by atoms with E-state index in [2.05, 4.69) is 10.3 Å². The molecule has 1 fully saturated rings. The smallest absolute Gasteiger partial charge is 0.245 e. The van der Waals surface area contributed by atoms with Crippen LogP contribution in [0.25, 0.3) is 0 Å². The number of halogens is 2. The van der Waals surface area contributed by atoms with Crippen LogP contribution in [-0.2, 0) is 10.0 Å². The summed E-state index contributed by atoms with van der Waals surface area (Å²) in [4.78, 5) is 4.06. The Morgan fingerprint density at radius 1 is 1.32 bits per heavy atom. The predicted octanol–water partition coefficient (Wildman–Crippen LogP) is 1.99. The van der Waals surface area contributed by atoms with E-state index < -0.39 is 16.1 Å². The van der Waals surface area contributed by atoms with E-state index in [-0.39, 0.29) is 23.1 Å². The minimum Gasteiger partial charge on any atom is -0.481 e. The third-order valence-electron chi connectivity index (χ3n) is 3.95. The van der Waals surface area contributed by atoms with E-state index >= 15 is 0 Å². The zero-order chi connectivity index (χ0) is 17.2. The first-order chi connectivity index (χ1) is 11.5. The Bertz CT molecular complexity index is 818. The van der Waals surface area contributed by atoms with E-state index in [1.165, 1.54) is 41.9 Å². The van der Waals surface area contributed by atoms with Crippen LogP contribution in [0.3, 0.4) is 0 Å². The summed E-state index contributed by atoms with van der Waals surface area (Å²) >= 11 is 0. The summed E-state index contributed by atoms with van der Waals surface area (Å²) in [6.45, 7) is 1.26. The summed E-state index contributed by atoms with van der Waals surface area (Å²) in [5.74, 6) is -0.0440. The highest BCUT2D eigenvalue weighted by molar-refractivity contribution is 7.89. The molecule has 1 aliphatic rings. The Hall–Kier alpha value is -1.74. The van der Waals surface area contributed by atoms with Crippen LogP contribution in [0.2, 0.25) is 0 Å². The second kappa shape index (κ2) is 8.09. The van der Waals surface area contributed by atoms with Gasteiger partial charge in [-0.2, -0.15) is 4.31 Å². The average molecular weight is 388 g/mol. The minimum atomic E-state index is -3.74. The lowest BCUT2D eigenvalue weighted by atomic mass is 10.1. The van der Waals surface area contributed by atoms with Gasteiger partial charge in [-0.15, -0.1) is 12.4 Å². The first-order valence-corrected chi connectivity index (χ1v) is 8.94. The van der Waals surface area contributed by atoms with Gasteiger partial charge in [0.15, 0.2) is 0 Å². The molecule has 2 aromatic rings. The Balaban J connectivity index is 0.00000225. The number of pyridine rings is 1. The van der Waals surface area contributed by atoms with E-state index in [0.717, 1.165) is 0 Å². The van der Waals surface area contributed by atoms with Crippen molar-refractivity contribution in [2.75, 3.05) is 26.7 Å². The molecule has 0 saturated carbocycles. The minimum absolute atomic E-state index is 0. The molecule has 0 spiro atoms. The van der Waals surface area contributed by atoms with Gasteiger partial charge in [-0.05, 0) is 23.8 Å². The van der Waals surface area contributed by atoms with Crippen molar-refractivity contribution in [3.8, 4) is 5.88 Å². The number of rotatable bonds is 4. The highest BCUT2D eigenvalue weighted by Crippen LogP contribution is 2.29. The number of nitrogens with one attached hydrogen (secondary N) is 1. The van der Waals surface area contributed by atoms with E-state index in [4.69, 9.17) is 4.74 Å². The monoisotopic (exact) mass is 387 g/mol. The Morgan fingerprint density at radius 2 is 2.12 bits per heavy atom. The molecular formula is C16H19ClFN3O3S. The first-order valence-electron chi connectivity index (χ1n) is 7.50. The van der Waals surface area contributed by atoms with Gasteiger partial charge in [0.1, 0.15) is 10.7 Å². The molecule has 1 aliphatic heterocycles. The number of sulfonamides is 1. The average Bonchev–Trinajstić information content (AvgIpc) is 2.62. The molecule has 1 saturated heterocycles. The van der Waals surface area contributed by atoms with Crippen molar-refractivity contribution in [1.29, 1.82) is 0 Å². The maximum Gasteiger partial charge on any atom is 0.245 e. The van der Waals surface area contributed by atoms with Gasteiger partial charge >= 0.3 is 0 Å². The molecule has 0 aliphatic carbocycles. The van der Waals surface area contributed by atoms with Crippen LogP contribution in [0, 0.1) is 5.82 Å². The van der Waals surface area contributed by atoms with Gasteiger partial charge in [0.05, 0.1) is 19.3 Å². The summed E-state index contributed by atoms with van der Waals surface area (Å²) in [7, 11) is -2.28. The van der Waals surface area contributed by atoms with Crippen molar-refractivity contribution in [3.05, 3.63) is 54.0 Å². The number of piperazine rings is 1. The zero-order valence-corrected chi connectivity index (χ0v) is 15.2. The lowest BCUT2D eigenvalue weighted by Gasteiger charge is -2.35. The number of methoxy groups -OCH3 is 1. The molecule has 1 unspecified atom stereocenters. The van der Waals surface area contributed by atoms with Crippen molar-refractivity contribution >= 4 is 22.4 Å². The summed E-state index contributed by atoms with van der Waals surface area (Å²) in [6.07, 6.45) is 1.28. The Morgan fingerprint density at radius 3 is 2.76 bits per heavy atom. The molecule has 25 heavy (non-hydrogen) atoms. The maximum absolute atomic E-state index is 13.5. The van der Waals surface area contributed by atoms with Crippen LogP contribution >= 0.6 is 12.4 Å². The van der Waals surface area contributed by atoms with Gasteiger partial charge < -0.3 is 10.1 Å². The molecule has 1 atom stereocenters. The molecule has 0 bridgehead atoms. The molecular weight excluding hydrogens is 369 g/mol. The Labute approximate surface area is 152 Å². The molecule has 0 radical (unpaired) electrons. The van der Waals surface area contributed by atoms with Crippen molar-refractivity contribution in [2.45, 2.75) is 10.9 Å². The van der Waals surface area contributed by atoms with E-state index in [1.54, 1.807) is 12.1 Å². The van der Waals surface area contributed by atoms with E-state index in [0.29, 0.717) is 31.1 Å². The number of aromatic nitrogens is 1. The molecule has 3 rings (SSSR count). The first kappa shape index (κ1) is 19.6. The highest BCUT2D eigenvalue weighted by Gasteiger charge is 2.34. The van der Waals surface area contributed by atoms with Crippen LogP contribution in [0.15, 0.2) is 47.5 Å². The second-order valence-electron chi connectivity index (χ2n) is 5.43. The fourth-order valence-corrected chi connectivity index (χ4v) is 4.31. The second-order valence-corrected chi connectivity index (χ2v) is 7.32. The van der Waals surface area contributed by atoms with Gasteiger partial charge in [0.25, 0.3) is 0 Å². The van der Waals surface area contributed by atoms with Gasteiger partial charge in [-0.1, -0.05) is 12.1 Å². The fraction of sp³-hybridized carbons (Fsp3) is 0.312. The zero-order valence-electron chi connectivity index (χ0n) is 13.6.